The van der Waals surface area contributed by atoms with Crippen LogP contribution < -0.4 is 5.32 Å². The molecule has 4 rings (SSSR count). The molecule has 0 bridgehead atoms. The lowest BCUT2D eigenvalue weighted by Gasteiger charge is -2.31. The van der Waals surface area contributed by atoms with E-state index in [2.05, 4.69) is 5.32 Å². The lowest BCUT2D eigenvalue weighted by molar-refractivity contribution is 0.185. The van der Waals surface area contributed by atoms with E-state index < -0.39 is 32.8 Å². The Hall–Kier alpha value is -3.30. The third-order valence-corrected chi connectivity index (χ3v) is 8.40. The third kappa shape index (κ3) is 5.68. The van der Waals surface area contributed by atoms with E-state index in [1.165, 1.54) is 4.90 Å². The first kappa shape index (κ1) is 24.8. The summed E-state index contributed by atoms with van der Waals surface area (Å²) in [6.07, 6.45) is 0.536. The Balaban J connectivity index is 1.37. The number of carbonyl (C=O) groups is 1. The average Bonchev–Trinajstić information content (AvgIpc) is 2.86. The maximum absolute atomic E-state index is 13.8. The number of nitrogens with zero attached hydrogens (tertiary/aromatic N) is 1. The summed E-state index contributed by atoms with van der Waals surface area (Å²) in [5.41, 5.74) is 2.82. The van der Waals surface area contributed by atoms with E-state index in [4.69, 9.17) is 4.74 Å². The van der Waals surface area contributed by atoms with Gasteiger partial charge in [-0.2, -0.15) is 0 Å². The lowest BCUT2D eigenvalue weighted by atomic mass is 10.0. The molecule has 1 N–H and O–H groups in total. The standard InChI is InChI=1S/C26H26F2N2O4S/c1-34-17-18-2-4-19(5-3-18)20-6-9-22(10-7-20)35(32,33)23-12-14-30(15-13-23)26(31)29-25-11-8-21(27)16-24(25)28/h2-11,16,23H,12-15,17H2,1H3,(H,29,31). The summed E-state index contributed by atoms with van der Waals surface area (Å²) in [6.45, 7) is 0.954. The molecule has 35 heavy (non-hydrogen) atoms. The smallest absolute Gasteiger partial charge is 0.321 e. The van der Waals surface area contributed by atoms with Crippen molar-refractivity contribution in [2.24, 2.45) is 0 Å². The molecule has 1 heterocycles. The fourth-order valence-corrected chi connectivity index (χ4v) is 5.88. The number of amides is 2. The summed E-state index contributed by atoms with van der Waals surface area (Å²) in [6, 6.07) is 17.0. The molecule has 1 aliphatic rings. The summed E-state index contributed by atoms with van der Waals surface area (Å²) in [4.78, 5) is 14.1. The van der Waals surface area contributed by atoms with Crippen LogP contribution in [0.15, 0.2) is 71.6 Å². The number of benzene rings is 3. The van der Waals surface area contributed by atoms with E-state index >= 15 is 0 Å². The number of anilines is 1. The summed E-state index contributed by atoms with van der Waals surface area (Å²) >= 11 is 0. The molecule has 0 spiro atoms. The molecule has 3 aromatic rings. The molecule has 0 saturated carbocycles. The highest BCUT2D eigenvalue weighted by atomic mass is 32.2. The minimum Gasteiger partial charge on any atom is -0.380 e. The first-order valence-electron chi connectivity index (χ1n) is 11.2. The number of sulfone groups is 1. The Labute approximate surface area is 203 Å². The summed E-state index contributed by atoms with van der Waals surface area (Å²) in [5.74, 6) is -1.61. The van der Waals surface area contributed by atoms with Gasteiger partial charge in [-0.25, -0.2) is 22.0 Å². The van der Waals surface area contributed by atoms with E-state index in [1.807, 2.05) is 24.3 Å². The van der Waals surface area contributed by atoms with E-state index in [-0.39, 0.29) is 36.5 Å². The molecule has 1 saturated heterocycles. The molecule has 3 aromatic carbocycles. The number of nitrogens with one attached hydrogen (secondary N) is 1. The molecule has 1 aliphatic heterocycles. The van der Waals surface area contributed by atoms with Crippen molar-refractivity contribution in [2.45, 2.75) is 29.6 Å². The number of ether oxygens (including phenoxy) is 1. The molecular weight excluding hydrogens is 474 g/mol. The Morgan fingerprint density at radius 2 is 1.57 bits per heavy atom. The van der Waals surface area contributed by atoms with Crippen molar-refractivity contribution < 1.29 is 26.7 Å². The first-order valence-corrected chi connectivity index (χ1v) is 12.8. The van der Waals surface area contributed by atoms with Gasteiger partial charge < -0.3 is 15.0 Å². The molecule has 9 heteroatoms. The number of urea groups is 1. The van der Waals surface area contributed by atoms with Gasteiger partial charge in [0.15, 0.2) is 9.84 Å². The highest BCUT2D eigenvalue weighted by Crippen LogP contribution is 2.28. The van der Waals surface area contributed by atoms with Crippen molar-refractivity contribution in [2.75, 3.05) is 25.5 Å². The molecule has 0 radical (unpaired) electrons. The van der Waals surface area contributed by atoms with Crippen LogP contribution in [0.3, 0.4) is 0 Å². The monoisotopic (exact) mass is 500 g/mol. The number of methoxy groups -OCH3 is 1. The zero-order valence-corrected chi connectivity index (χ0v) is 20.0. The van der Waals surface area contributed by atoms with E-state index in [1.54, 1.807) is 31.4 Å². The normalized spacial score (nSPS) is 14.7. The summed E-state index contributed by atoms with van der Waals surface area (Å²) < 4.78 is 58.3. The van der Waals surface area contributed by atoms with Gasteiger partial charge in [-0.1, -0.05) is 36.4 Å². The van der Waals surface area contributed by atoms with Gasteiger partial charge in [-0.05, 0) is 53.8 Å². The second-order valence-corrected chi connectivity index (χ2v) is 10.7. The van der Waals surface area contributed by atoms with Gasteiger partial charge in [-0.15, -0.1) is 0 Å². The van der Waals surface area contributed by atoms with Crippen LogP contribution in [0.5, 0.6) is 0 Å². The van der Waals surface area contributed by atoms with E-state index in [9.17, 15) is 22.0 Å². The van der Waals surface area contributed by atoms with Crippen molar-refractivity contribution in [3.63, 3.8) is 0 Å². The molecule has 1 fully saturated rings. The van der Waals surface area contributed by atoms with Crippen molar-refractivity contribution in [3.05, 3.63) is 83.9 Å². The minimum absolute atomic E-state index is 0.125. The van der Waals surface area contributed by atoms with Crippen LogP contribution >= 0.6 is 0 Å². The van der Waals surface area contributed by atoms with Crippen LogP contribution in [0.25, 0.3) is 11.1 Å². The fourth-order valence-electron chi connectivity index (χ4n) is 4.14. The topological polar surface area (TPSA) is 75.7 Å². The number of halogens is 2. The van der Waals surface area contributed by atoms with Gasteiger partial charge in [0.2, 0.25) is 0 Å². The average molecular weight is 501 g/mol. The molecule has 0 unspecified atom stereocenters. The Kier molecular flexibility index (Phi) is 7.47. The predicted molar refractivity (Wildman–Crippen MR) is 130 cm³/mol. The Bertz CT molecular complexity index is 1290. The second kappa shape index (κ2) is 10.5. The van der Waals surface area contributed by atoms with Gasteiger partial charge in [0.25, 0.3) is 0 Å². The first-order chi connectivity index (χ1) is 16.8. The number of hydrogen-bond donors (Lipinski definition) is 1. The van der Waals surface area contributed by atoms with Gasteiger partial charge in [0.1, 0.15) is 11.6 Å². The van der Waals surface area contributed by atoms with Crippen LogP contribution in [-0.2, 0) is 21.2 Å². The number of likely N-dealkylation sites (tertiary alicyclic amines) is 1. The fraction of sp³-hybridized carbons (Fsp3) is 0.269. The molecule has 0 atom stereocenters. The van der Waals surface area contributed by atoms with Gasteiger partial charge in [0.05, 0.1) is 22.4 Å². The highest BCUT2D eigenvalue weighted by Gasteiger charge is 2.33. The van der Waals surface area contributed by atoms with Crippen molar-refractivity contribution >= 4 is 21.6 Å². The van der Waals surface area contributed by atoms with Crippen LogP contribution in [0.2, 0.25) is 0 Å². The van der Waals surface area contributed by atoms with E-state index in [0.717, 1.165) is 28.8 Å². The van der Waals surface area contributed by atoms with Crippen LogP contribution in [0, 0.1) is 11.6 Å². The summed E-state index contributed by atoms with van der Waals surface area (Å²) in [5, 5.41) is 1.80. The zero-order valence-electron chi connectivity index (χ0n) is 19.2. The minimum atomic E-state index is -3.57. The summed E-state index contributed by atoms with van der Waals surface area (Å²) in [7, 11) is -1.93. The van der Waals surface area contributed by atoms with Gasteiger partial charge in [-0.3, -0.25) is 0 Å². The van der Waals surface area contributed by atoms with Crippen LogP contribution in [0.4, 0.5) is 19.3 Å². The van der Waals surface area contributed by atoms with Gasteiger partial charge in [0, 0.05) is 26.3 Å². The maximum Gasteiger partial charge on any atom is 0.321 e. The molecule has 0 aromatic heterocycles. The number of hydrogen-bond acceptors (Lipinski definition) is 4. The largest absolute Gasteiger partial charge is 0.380 e. The van der Waals surface area contributed by atoms with Crippen LogP contribution in [0.1, 0.15) is 18.4 Å². The van der Waals surface area contributed by atoms with E-state index in [0.29, 0.717) is 12.7 Å². The molecular formula is C26H26F2N2O4S. The number of rotatable bonds is 6. The molecule has 6 nitrogen and oxygen atoms in total. The van der Waals surface area contributed by atoms with Crippen molar-refractivity contribution in [3.8, 4) is 11.1 Å². The zero-order chi connectivity index (χ0) is 25.0. The highest BCUT2D eigenvalue weighted by molar-refractivity contribution is 7.92. The molecule has 0 aliphatic carbocycles. The quantitative estimate of drug-likeness (QED) is 0.502. The van der Waals surface area contributed by atoms with Crippen LogP contribution in [-0.4, -0.2) is 44.8 Å². The SMILES string of the molecule is COCc1ccc(-c2ccc(S(=O)(=O)C3CCN(C(=O)Nc4ccc(F)cc4F)CC3)cc2)cc1. The molecule has 184 valence electrons. The third-order valence-electron chi connectivity index (χ3n) is 6.12. The predicted octanol–water partition coefficient (Wildman–Crippen LogP) is 5.25. The Morgan fingerprint density at radius 1 is 0.971 bits per heavy atom. The number of carbonyl (C=O) groups excluding carboxylic acids is 1. The lowest BCUT2D eigenvalue weighted by Crippen LogP contribution is -2.44. The van der Waals surface area contributed by atoms with Crippen molar-refractivity contribution in [1.29, 1.82) is 0 Å². The maximum atomic E-state index is 13.8. The Morgan fingerprint density at radius 3 is 2.14 bits per heavy atom. The second-order valence-electron chi connectivity index (χ2n) is 8.44. The number of piperidine rings is 1. The molecule has 2 amide bonds. The van der Waals surface area contributed by atoms with Crippen molar-refractivity contribution in [1.82, 2.24) is 4.90 Å². The van der Waals surface area contributed by atoms with Gasteiger partial charge >= 0.3 is 6.03 Å².